The molecule has 3 N–H and O–H groups in total. The number of allylic oxidation sites excluding steroid dienone is 11. The van der Waals surface area contributed by atoms with Crippen molar-refractivity contribution in [2.45, 2.75) is 231 Å². The summed E-state index contributed by atoms with van der Waals surface area (Å²) < 4.78 is 0. The molecule has 4 nitrogen and oxygen atoms in total. The van der Waals surface area contributed by atoms with Crippen molar-refractivity contribution in [2.75, 3.05) is 6.61 Å². The summed E-state index contributed by atoms with van der Waals surface area (Å²) in [4.78, 5) is 12.3. The number of amides is 1. The first-order valence-corrected chi connectivity index (χ1v) is 23.2. The van der Waals surface area contributed by atoms with Gasteiger partial charge < -0.3 is 15.5 Å². The monoisotopic (exact) mass is 752 g/mol. The number of aliphatic hydroxyl groups excluding tert-OH is 2. The molecule has 312 valence electrons. The molecule has 0 aromatic heterocycles. The highest BCUT2D eigenvalue weighted by Crippen LogP contribution is 2.15. The van der Waals surface area contributed by atoms with Crippen LogP contribution in [0, 0.1) is 0 Å². The number of carbonyl (C=O) groups is 1. The Morgan fingerprint density at radius 1 is 0.463 bits per heavy atom. The zero-order chi connectivity index (χ0) is 39.3. The van der Waals surface area contributed by atoms with Crippen LogP contribution in [0.1, 0.15) is 219 Å². The maximum absolute atomic E-state index is 12.3. The Balaban J connectivity index is 3.61. The lowest BCUT2D eigenvalue weighted by Gasteiger charge is -2.19. The van der Waals surface area contributed by atoms with Gasteiger partial charge in [-0.1, -0.05) is 209 Å². The molecule has 0 aliphatic rings. The Labute approximate surface area is 336 Å². The summed E-state index contributed by atoms with van der Waals surface area (Å²) in [6, 6.07) is -0.664. The lowest BCUT2D eigenvalue weighted by molar-refractivity contribution is -0.123. The van der Waals surface area contributed by atoms with E-state index in [4.69, 9.17) is 0 Å². The minimum absolute atomic E-state index is 0.109. The summed E-state index contributed by atoms with van der Waals surface area (Å²) in [5.74, 6) is -0.109. The summed E-state index contributed by atoms with van der Waals surface area (Å²) in [5, 5.41) is 22.9. The van der Waals surface area contributed by atoms with E-state index in [0.29, 0.717) is 6.42 Å². The summed E-state index contributed by atoms with van der Waals surface area (Å²) in [5.41, 5.74) is 0. The van der Waals surface area contributed by atoms with Crippen molar-refractivity contribution >= 4 is 5.91 Å². The van der Waals surface area contributed by atoms with E-state index in [2.05, 4.69) is 79.9 Å². The molecule has 0 rings (SSSR count). The SMILES string of the molecule is CC/C=C\C/C=C\C/C=C\CCCCCC(=O)NC(CO)C(O)/C=C/CC/C=C/CC/C=C/CCCCCCCCCCCCCCCCCCCCC. The minimum atomic E-state index is -0.885. The number of hydrogen-bond acceptors (Lipinski definition) is 3. The van der Waals surface area contributed by atoms with Crippen LogP contribution in [0.5, 0.6) is 0 Å². The predicted octanol–water partition coefficient (Wildman–Crippen LogP) is 14.7. The Morgan fingerprint density at radius 3 is 1.30 bits per heavy atom. The number of hydrogen-bond donors (Lipinski definition) is 3. The van der Waals surface area contributed by atoms with Gasteiger partial charge in [-0.15, -0.1) is 0 Å². The smallest absolute Gasteiger partial charge is 0.220 e. The van der Waals surface area contributed by atoms with Gasteiger partial charge in [0.05, 0.1) is 18.8 Å². The number of nitrogens with one attached hydrogen (secondary N) is 1. The lowest BCUT2D eigenvalue weighted by Crippen LogP contribution is -2.45. The molecule has 0 aliphatic heterocycles. The molecule has 0 bridgehead atoms. The molecule has 0 saturated carbocycles. The third kappa shape index (κ3) is 41.0. The highest BCUT2D eigenvalue weighted by atomic mass is 16.3. The average Bonchev–Trinajstić information content (AvgIpc) is 3.18. The normalized spacial score (nSPS) is 13.6. The number of aliphatic hydroxyl groups is 2. The van der Waals surface area contributed by atoms with Gasteiger partial charge in [0.2, 0.25) is 5.91 Å². The van der Waals surface area contributed by atoms with Crippen LogP contribution < -0.4 is 5.32 Å². The quantitative estimate of drug-likeness (QED) is 0.0430. The van der Waals surface area contributed by atoms with E-state index in [-0.39, 0.29) is 12.5 Å². The Morgan fingerprint density at radius 2 is 0.833 bits per heavy atom. The van der Waals surface area contributed by atoms with Crippen LogP contribution in [-0.2, 0) is 4.79 Å². The summed E-state index contributed by atoms with van der Waals surface area (Å²) >= 11 is 0. The molecule has 54 heavy (non-hydrogen) atoms. The van der Waals surface area contributed by atoms with E-state index in [1.165, 1.54) is 128 Å². The van der Waals surface area contributed by atoms with Gasteiger partial charge >= 0.3 is 0 Å². The maximum Gasteiger partial charge on any atom is 0.220 e. The summed E-state index contributed by atoms with van der Waals surface area (Å²) in [6.45, 7) is 4.16. The van der Waals surface area contributed by atoms with Crippen LogP contribution in [-0.4, -0.2) is 34.9 Å². The molecule has 0 aromatic carbocycles. The molecular formula is C50H89NO3. The van der Waals surface area contributed by atoms with Gasteiger partial charge in [0.1, 0.15) is 0 Å². The highest BCUT2D eigenvalue weighted by Gasteiger charge is 2.17. The van der Waals surface area contributed by atoms with Crippen molar-refractivity contribution in [3.8, 4) is 0 Å². The van der Waals surface area contributed by atoms with Gasteiger partial charge in [-0.2, -0.15) is 0 Å². The highest BCUT2D eigenvalue weighted by molar-refractivity contribution is 5.76. The van der Waals surface area contributed by atoms with Crippen molar-refractivity contribution in [3.63, 3.8) is 0 Å². The van der Waals surface area contributed by atoms with Crippen LogP contribution in [0.25, 0.3) is 0 Å². The third-order valence-electron chi connectivity index (χ3n) is 10.2. The van der Waals surface area contributed by atoms with Crippen molar-refractivity contribution in [1.29, 1.82) is 0 Å². The van der Waals surface area contributed by atoms with Gasteiger partial charge in [-0.05, 0) is 77.0 Å². The number of carbonyl (C=O) groups excluding carboxylic acids is 1. The molecule has 0 fully saturated rings. The Kier molecular flexibility index (Phi) is 43.4. The van der Waals surface area contributed by atoms with Gasteiger partial charge in [0.25, 0.3) is 0 Å². The molecular weight excluding hydrogens is 663 g/mol. The van der Waals surface area contributed by atoms with Crippen LogP contribution in [0.15, 0.2) is 72.9 Å². The van der Waals surface area contributed by atoms with Crippen molar-refractivity contribution in [2.24, 2.45) is 0 Å². The zero-order valence-electron chi connectivity index (χ0n) is 35.7. The molecule has 0 saturated heterocycles. The third-order valence-corrected chi connectivity index (χ3v) is 10.2. The summed E-state index contributed by atoms with van der Waals surface area (Å²) in [7, 11) is 0. The van der Waals surface area contributed by atoms with E-state index in [1.54, 1.807) is 6.08 Å². The van der Waals surface area contributed by atoms with Gasteiger partial charge in [-0.25, -0.2) is 0 Å². The fourth-order valence-corrected chi connectivity index (χ4v) is 6.64. The minimum Gasteiger partial charge on any atom is -0.394 e. The van der Waals surface area contributed by atoms with Crippen molar-refractivity contribution < 1.29 is 15.0 Å². The molecule has 2 atom stereocenters. The fourth-order valence-electron chi connectivity index (χ4n) is 6.64. The zero-order valence-corrected chi connectivity index (χ0v) is 35.7. The van der Waals surface area contributed by atoms with Gasteiger partial charge in [0.15, 0.2) is 0 Å². The topological polar surface area (TPSA) is 69.6 Å². The second-order valence-electron chi connectivity index (χ2n) is 15.4. The summed E-state index contributed by atoms with van der Waals surface area (Å²) in [6.07, 6.45) is 64.7. The molecule has 4 heteroatoms. The van der Waals surface area contributed by atoms with Crippen molar-refractivity contribution in [3.05, 3.63) is 72.9 Å². The van der Waals surface area contributed by atoms with E-state index < -0.39 is 12.1 Å². The van der Waals surface area contributed by atoms with E-state index in [0.717, 1.165) is 70.6 Å². The standard InChI is InChI=1S/C50H89NO3/c1-3-5-7-9-11-13-15-17-18-19-20-21-22-23-24-25-26-27-28-29-30-31-32-34-35-37-39-41-43-45-49(53)48(47-52)51-50(54)46-44-42-40-38-36-33-16-14-12-10-8-6-4-2/h6,8,12,14,30-31,33,35-37,43,45,48-49,52-53H,3-5,7,9-11,13,15-29,32,34,38-42,44,46-47H2,1-2H3,(H,51,54)/b8-6-,14-12-,31-30+,36-33-,37-35+,45-43+. The van der Waals surface area contributed by atoms with Crippen LogP contribution >= 0.6 is 0 Å². The molecule has 2 unspecified atom stereocenters. The van der Waals surface area contributed by atoms with E-state index in [9.17, 15) is 15.0 Å². The molecule has 0 heterocycles. The first-order valence-electron chi connectivity index (χ1n) is 23.2. The first-order chi connectivity index (χ1) is 26.7. The van der Waals surface area contributed by atoms with E-state index >= 15 is 0 Å². The Hall–Kier alpha value is -2.17. The number of rotatable bonds is 41. The van der Waals surface area contributed by atoms with Crippen LogP contribution in [0.3, 0.4) is 0 Å². The maximum atomic E-state index is 12.3. The molecule has 0 spiro atoms. The lowest BCUT2D eigenvalue weighted by atomic mass is 10.0. The van der Waals surface area contributed by atoms with Crippen LogP contribution in [0.2, 0.25) is 0 Å². The predicted molar refractivity (Wildman–Crippen MR) is 239 cm³/mol. The average molecular weight is 752 g/mol. The molecule has 1 amide bonds. The van der Waals surface area contributed by atoms with Crippen LogP contribution in [0.4, 0.5) is 0 Å². The largest absolute Gasteiger partial charge is 0.394 e. The van der Waals surface area contributed by atoms with E-state index in [1.807, 2.05) is 6.08 Å². The van der Waals surface area contributed by atoms with Gasteiger partial charge in [-0.3, -0.25) is 4.79 Å². The van der Waals surface area contributed by atoms with Gasteiger partial charge in [0, 0.05) is 6.42 Å². The van der Waals surface area contributed by atoms with Crippen molar-refractivity contribution in [1.82, 2.24) is 5.32 Å². The molecule has 0 aliphatic carbocycles. The second-order valence-corrected chi connectivity index (χ2v) is 15.4. The fraction of sp³-hybridized carbons (Fsp3) is 0.740. The Bertz CT molecular complexity index is 946. The second kappa shape index (κ2) is 45.2. The first kappa shape index (κ1) is 51.8. The number of unbranched alkanes of at least 4 members (excludes halogenated alkanes) is 24. The molecule has 0 aromatic rings. The molecule has 0 radical (unpaired) electrons.